The largest absolute Gasteiger partial charge is 0.388 e. The van der Waals surface area contributed by atoms with Crippen LogP contribution in [0.25, 0.3) is 0 Å². The van der Waals surface area contributed by atoms with Gasteiger partial charge < -0.3 is 5.11 Å². The third-order valence-corrected chi connectivity index (χ3v) is 2.62. The van der Waals surface area contributed by atoms with E-state index in [9.17, 15) is 9.50 Å². The maximum Gasteiger partial charge on any atom is 0.130 e. The van der Waals surface area contributed by atoms with Crippen LogP contribution in [0.2, 0.25) is 10.0 Å². The van der Waals surface area contributed by atoms with Gasteiger partial charge in [0.15, 0.2) is 0 Å². The highest BCUT2D eigenvalue weighted by Gasteiger charge is 2.16. The Balaban J connectivity index is 3.25. The molecular formula is C9H9Cl2FO. The summed E-state index contributed by atoms with van der Waals surface area (Å²) >= 11 is 11.4. The SMILES string of the molecule is CCC(O)c1c(F)ccc(Cl)c1Cl. The summed E-state index contributed by atoms with van der Waals surface area (Å²) in [6.07, 6.45) is -0.497. The van der Waals surface area contributed by atoms with E-state index in [1.807, 2.05) is 0 Å². The normalized spacial score (nSPS) is 13.0. The third kappa shape index (κ3) is 2.13. The first-order valence-corrected chi connectivity index (χ1v) is 4.65. The van der Waals surface area contributed by atoms with Gasteiger partial charge in [0, 0.05) is 5.56 Å². The van der Waals surface area contributed by atoms with Crippen LogP contribution in [0.4, 0.5) is 4.39 Å². The van der Waals surface area contributed by atoms with Crippen molar-refractivity contribution in [2.24, 2.45) is 0 Å². The van der Waals surface area contributed by atoms with E-state index in [1.165, 1.54) is 12.1 Å². The molecule has 0 spiro atoms. The summed E-state index contributed by atoms with van der Waals surface area (Å²) in [5.74, 6) is -0.524. The molecule has 0 heterocycles. The summed E-state index contributed by atoms with van der Waals surface area (Å²) in [5, 5.41) is 9.78. The van der Waals surface area contributed by atoms with Gasteiger partial charge in [0.05, 0.1) is 16.1 Å². The van der Waals surface area contributed by atoms with Crippen molar-refractivity contribution < 1.29 is 9.50 Å². The number of benzene rings is 1. The Hall–Kier alpha value is -0.310. The highest BCUT2D eigenvalue weighted by molar-refractivity contribution is 6.42. The van der Waals surface area contributed by atoms with Crippen LogP contribution in [0.15, 0.2) is 12.1 Å². The summed E-state index contributed by atoms with van der Waals surface area (Å²) in [4.78, 5) is 0. The second-order valence-electron chi connectivity index (χ2n) is 2.68. The van der Waals surface area contributed by atoms with Gasteiger partial charge in [-0.05, 0) is 18.6 Å². The van der Waals surface area contributed by atoms with Crippen molar-refractivity contribution in [3.05, 3.63) is 33.6 Å². The fourth-order valence-corrected chi connectivity index (χ4v) is 1.50. The molecule has 72 valence electrons. The van der Waals surface area contributed by atoms with E-state index >= 15 is 0 Å². The van der Waals surface area contributed by atoms with Crippen molar-refractivity contribution >= 4 is 23.2 Å². The first-order valence-electron chi connectivity index (χ1n) is 3.89. The molecule has 1 aromatic carbocycles. The summed E-state index contributed by atoms with van der Waals surface area (Å²) in [6, 6.07) is 2.56. The highest BCUT2D eigenvalue weighted by Crippen LogP contribution is 2.33. The molecule has 1 rings (SSSR count). The average molecular weight is 223 g/mol. The summed E-state index contributed by atoms with van der Waals surface area (Å²) in [5.41, 5.74) is 0.0802. The molecule has 13 heavy (non-hydrogen) atoms. The first kappa shape index (κ1) is 10.8. The summed E-state index contributed by atoms with van der Waals surface area (Å²) < 4.78 is 13.2. The second-order valence-corrected chi connectivity index (χ2v) is 3.47. The zero-order valence-electron chi connectivity index (χ0n) is 7.02. The zero-order valence-corrected chi connectivity index (χ0v) is 8.53. The van der Waals surface area contributed by atoms with Crippen molar-refractivity contribution in [3.8, 4) is 0 Å². The highest BCUT2D eigenvalue weighted by atomic mass is 35.5. The molecule has 0 aliphatic carbocycles. The smallest absolute Gasteiger partial charge is 0.130 e. The van der Waals surface area contributed by atoms with E-state index in [4.69, 9.17) is 23.2 Å². The minimum atomic E-state index is -0.897. The molecule has 1 unspecified atom stereocenters. The van der Waals surface area contributed by atoms with E-state index < -0.39 is 11.9 Å². The van der Waals surface area contributed by atoms with E-state index in [0.717, 1.165) is 0 Å². The van der Waals surface area contributed by atoms with E-state index in [2.05, 4.69) is 0 Å². The standard InChI is InChI=1S/C9H9Cl2FO/c1-2-7(13)8-6(12)4-3-5(10)9(8)11/h3-4,7,13H,2H2,1H3. The quantitative estimate of drug-likeness (QED) is 0.759. The molecule has 4 heteroatoms. The molecule has 1 N–H and O–H groups in total. The minimum absolute atomic E-state index is 0.0802. The summed E-state index contributed by atoms with van der Waals surface area (Å²) in [6.45, 7) is 1.74. The Labute approximate surface area is 86.1 Å². The molecule has 0 radical (unpaired) electrons. The van der Waals surface area contributed by atoms with Crippen molar-refractivity contribution in [1.82, 2.24) is 0 Å². The topological polar surface area (TPSA) is 20.2 Å². The lowest BCUT2D eigenvalue weighted by molar-refractivity contribution is 0.169. The predicted molar refractivity (Wildman–Crippen MR) is 51.7 cm³/mol. The fraction of sp³-hybridized carbons (Fsp3) is 0.333. The van der Waals surface area contributed by atoms with Gasteiger partial charge in [-0.1, -0.05) is 30.1 Å². The van der Waals surface area contributed by atoms with Crippen LogP contribution < -0.4 is 0 Å². The van der Waals surface area contributed by atoms with Crippen LogP contribution in [0.1, 0.15) is 25.0 Å². The van der Waals surface area contributed by atoms with Crippen molar-refractivity contribution in [2.75, 3.05) is 0 Å². The number of aliphatic hydroxyl groups is 1. The molecular weight excluding hydrogens is 214 g/mol. The molecule has 0 aliphatic rings. The Morgan fingerprint density at radius 1 is 1.46 bits per heavy atom. The van der Waals surface area contributed by atoms with E-state index in [1.54, 1.807) is 6.92 Å². The molecule has 1 nitrogen and oxygen atoms in total. The predicted octanol–water partition coefficient (Wildman–Crippen LogP) is 3.58. The Morgan fingerprint density at radius 2 is 2.08 bits per heavy atom. The number of halogens is 3. The molecule has 0 bridgehead atoms. The molecule has 0 saturated carbocycles. The minimum Gasteiger partial charge on any atom is -0.388 e. The van der Waals surface area contributed by atoms with Gasteiger partial charge in [0.2, 0.25) is 0 Å². The third-order valence-electron chi connectivity index (χ3n) is 1.80. The van der Waals surface area contributed by atoms with Gasteiger partial charge in [-0.3, -0.25) is 0 Å². The number of aliphatic hydroxyl groups excluding tert-OH is 1. The van der Waals surface area contributed by atoms with Gasteiger partial charge in [0.1, 0.15) is 5.82 Å². The Bertz CT molecular complexity index is 315. The molecule has 0 aromatic heterocycles. The lowest BCUT2D eigenvalue weighted by Gasteiger charge is -2.12. The second kappa shape index (κ2) is 4.27. The van der Waals surface area contributed by atoms with Crippen molar-refractivity contribution in [3.63, 3.8) is 0 Å². The van der Waals surface area contributed by atoms with Gasteiger partial charge in [0.25, 0.3) is 0 Å². The molecule has 0 fully saturated rings. The molecule has 1 aromatic rings. The summed E-state index contributed by atoms with van der Waals surface area (Å²) in [7, 11) is 0. The Morgan fingerprint density at radius 3 is 2.62 bits per heavy atom. The monoisotopic (exact) mass is 222 g/mol. The van der Waals surface area contributed by atoms with Crippen molar-refractivity contribution in [2.45, 2.75) is 19.4 Å². The van der Waals surface area contributed by atoms with E-state index in [0.29, 0.717) is 6.42 Å². The average Bonchev–Trinajstić information content (AvgIpc) is 2.12. The number of rotatable bonds is 2. The van der Waals surface area contributed by atoms with Gasteiger partial charge in [-0.15, -0.1) is 0 Å². The lowest BCUT2D eigenvalue weighted by Crippen LogP contribution is -2.00. The van der Waals surface area contributed by atoms with Crippen LogP contribution >= 0.6 is 23.2 Å². The van der Waals surface area contributed by atoms with E-state index in [-0.39, 0.29) is 15.6 Å². The van der Waals surface area contributed by atoms with Gasteiger partial charge in [-0.25, -0.2) is 4.39 Å². The van der Waals surface area contributed by atoms with Crippen LogP contribution in [0.5, 0.6) is 0 Å². The van der Waals surface area contributed by atoms with Crippen LogP contribution in [0, 0.1) is 5.82 Å². The Kier molecular flexibility index (Phi) is 3.54. The van der Waals surface area contributed by atoms with Crippen LogP contribution in [-0.2, 0) is 0 Å². The number of hydrogen-bond donors (Lipinski definition) is 1. The lowest BCUT2D eigenvalue weighted by atomic mass is 10.1. The van der Waals surface area contributed by atoms with Crippen LogP contribution in [0.3, 0.4) is 0 Å². The molecule has 0 saturated heterocycles. The van der Waals surface area contributed by atoms with Crippen LogP contribution in [-0.4, -0.2) is 5.11 Å². The van der Waals surface area contributed by atoms with Gasteiger partial charge >= 0.3 is 0 Å². The zero-order chi connectivity index (χ0) is 10.0. The van der Waals surface area contributed by atoms with Crippen molar-refractivity contribution in [1.29, 1.82) is 0 Å². The first-order chi connectivity index (χ1) is 6.07. The maximum absolute atomic E-state index is 13.2. The number of hydrogen-bond acceptors (Lipinski definition) is 1. The molecule has 1 atom stereocenters. The maximum atomic E-state index is 13.2. The molecule has 0 amide bonds. The molecule has 0 aliphatic heterocycles. The fourth-order valence-electron chi connectivity index (χ4n) is 1.05. The van der Waals surface area contributed by atoms with Gasteiger partial charge in [-0.2, -0.15) is 0 Å².